The van der Waals surface area contributed by atoms with Crippen LogP contribution in [0.3, 0.4) is 0 Å². The molecule has 4 atom stereocenters. The number of esters is 1. The number of hydrogen-bond donors (Lipinski definition) is 2. The van der Waals surface area contributed by atoms with E-state index < -0.39 is 60.4 Å². The van der Waals surface area contributed by atoms with E-state index >= 15 is 0 Å². The van der Waals surface area contributed by atoms with Crippen molar-refractivity contribution < 1.29 is 50.1 Å². The Morgan fingerprint density at radius 3 is 2.12 bits per heavy atom. The van der Waals surface area contributed by atoms with Gasteiger partial charge in [0.1, 0.15) is 24.0 Å². The molecule has 0 aliphatic carbocycles. The second-order valence-corrected chi connectivity index (χ2v) is 12.7. The molecule has 49 heavy (non-hydrogen) atoms. The number of nitrogens with one attached hydrogen (secondary N) is 1. The maximum absolute atomic E-state index is 12.7. The summed E-state index contributed by atoms with van der Waals surface area (Å²) in [6.45, 7) is 10.1. The molecule has 3 rings (SSSR count). The number of amides is 1. The Morgan fingerprint density at radius 2 is 1.57 bits per heavy atom. The van der Waals surface area contributed by atoms with Gasteiger partial charge in [0.25, 0.3) is 5.56 Å². The maximum atomic E-state index is 12.7. The van der Waals surface area contributed by atoms with Gasteiger partial charge in [0.15, 0.2) is 0 Å². The van der Waals surface area contributed by atoms with E-state index in [-0.39, 0.29) is 25.2 Å². The van der Waals surface area contributed by atoms with Crippen molar-refractivity contribution in [3.05, 3.63) is 46.5 Å². The number of aryl methyl sites for hydroxylation is 2. The monoisotopic (exact) mass is 706 g/mol. The number of alkyl halides is 6. The average molecular weight is 707 g/mol. The summed E-state index contributed by atoms with van der Waals surface area (Å²) in [5, 5.41) is 4.35. The molecule has 3 aromatic rings. The molecule has 2 heterocycles. The number of halogens is 6. The number of ether oxygens (including phenoxy) is 3. The number of carbonyl (C=O) groups excluding carboxylic acids is 2. The van der Waals surface area contributed by atoms with Crippen LogP contribution in [0, 0.1) is 18.8 Å². The number of hydrogen-bond acceptors (Lipinski definition) is 8. The quantitative estimate of drug-likeness (QED) is 0.135. The van der Waals surface area contributed by atoms with Crippen molar-refractivity contribution in [2.75, 3.05) is 13.2 Å². The molecule has 0 radical (unpaired) electrons. The molecule has 0 saturated carbocycles. The standard InChI is InChI=1S/C20H22F3N3O2.C13H22F3NO4/c1-11(20(21,22)23)8-13(24)10-28-14-4-5-15-16-6-7-25-12(2)18(16)19(27)26(3)17(15)9-14;1-6-20-10(18)9(7-8(2)13(14,15)16)17-11(19)21-12(3,4)5/h4-7,9,11,13H,8,10,24H2,1-3H3;8-9H,6-7H2,1-5H3,(H,17,19). The molecule has 2 aromatic heterocycles. The van der Waals surface area contributed by atoms with Crippen LogP contribution in [0.4, 0.5) is 31.1 Å². The molecule has 16 heteroatoms. The molecule has 4 unspecified atom stereocenters. The third-order valence-corrected chi connectivity index (χ3v) is 7.37. The molecule has 0 spiro atoms. The van der Waals surface area contributed by atoms with Crippen LogP contribution in [0.1, 0.15) is 60.1 Å². The number of benzene rings is 1. The highest BCUT2D eigenvalue weighted by Crippen LogP contribution is 2.31. The van der Waals surface area contributed by atoms with Gasteiger partial charge < -0.3 is 29.8 Å². The second kappa shape index (κ2) is 16.5. The van der Waals surface area contributed by atoms with Crippen LogP contribution in [-0.2, 0) is 21.3 Å². The maximum Gasteiger partial charge on any atom is 0.408 e. The highest BCUT2D eigenvalue weighted by Gasteiger charge is 2.40. The lowest BCUT2D eigenvalue weighted by Gasteiger charge is -2.25. The molecule has 0 bridgehead atoms. The predicted molar refractivity (Wildman–Crippen MR) is 172 cm³/mol. The van der Waals surface area contributed by atoms with E-state index in [1.54, 1.807) is 59.1 Å². The number of carbonyl (C=O) groups is 2. The summed E-state index contributed by atoms with van der Waals surface area (Å²) < 4.78 is 92.4. The number of nitrogens with zero attached hydrogens (tertiary/aromatic N) is 2. The molecule has 10 nitrogen and oxygen atoms in total. The van der Waals surface area contributed by atoms with Gasteiger partial charge in [-0.25, -0.2) is 9.59 Å². The average Bonchev–Trinajstić information content (AvgIpc) is 2.96. The first kappa shape index (κ1) is 41.1. The van der Waals surface area contributed by atoms with Crippen LogP contribution in [0.25, 0.3) is 21.7 Å². The highest BCUT2D eigenvalue weighted by molar-refractivity contribution is 6.06. The summed E-state index contributed by atoms with van der Waals surface area (Å²) in [5.41, 5.74) is 6.13. The molecule has 3 N–H and O–H groups in total. The Bertz CT molecular complexity index is 1650. The molecule has 0 aliphatic rings. The lowest BCUT2D eigenvalue weighted by Crippen LogP contribution is -2.46. The fourth-order valence-electron chi connectivity index (χ4n) is 4.70. The third-order valence-electron chi connectivity index (χ3n) is 7.37. The summed E-state index contributed by atoms with van der Waals surface area (Å²) in [4.78, 5) is 40.1. The highest BCUT2D eigenvalue weighted by atomic mass is 19.4. The van der Waals surface area contributed by atoms with Crippen molar-refractivity contribution in [2.24, 2.45) is 24.6 Å². The first-order valence-electron chi connectivity index (χ1n) is 15.5. The molecule has 0 saturated heterocycles. The van der Waals surface area contributed by atoms with Gasteiger partial charge in [-0.05, 0) is 71.0 Å². The number of alkyl carbamates (subject to hydrolysis) is 1. The SMILES string of the molecule is CCOC(=O)C(CC(C)C(F)(F)F)NC(=O)OC(C)(C)C.Cc1nccc2c1c(=O)n(C)c1cc(OCC(N)CC(C)C(F)(F)F)ccc21. The summed E-state index contributed by atoms with van der Waals surface area (Å²) in [5.74, 6) is -3.73. The van der Waals surface area contributed by atoms with Crippen LogP contribution in [0.5, 0.6) is 5.75 Å². The molecule has 1 aromatic carbocycles. The van der Waals surface area contributed by atoms with Crippen LogP contribution in [0.15, 0.2) is 35.3 Å². The zero-order valence-electron chi connectivity index (χ0n) is 28.7. The fraction of sp³-hybridized carbons (Fsp3) is 0.576. The lowest BCUT2D eigenvalue weighted by molar-refractivity contribution is -0.175. The van der Waals surface area contributed by atoms with E-state index in [0.29, 0.717) is 22.3 Å². The number of aromatic nitrogens is 2. The molecule has 0 aliphatic heterocycles. The molecular formula is C33H44F6N4O6. The molecule has 274 valence electrons. The minimum atomic E-state index is -4.46. The van der Waals surface area contributed by atoms with Crippen LogP contribution in [-0.4, -0.2) is 64.9 Å². The molecule has 1 amide bonds. The number of rotatable bonds is 10. The minimum Gasteiger partial charge on any atom is -0.492 e. The summed E-state index contributed by atoms with van der Waals surface area (Å²) in [7, 11) is 1.66. The van der Waals surface area contributed by atoms with Gasteiger partial charge in [-0.2, -0.15) is 26.3 Å². The van der Waals surface area contributed by atoms with Crippen LogP contribution >= 0.6 is 0 Å². The van der Waals surface area contributed by atoms with Crippen molar-refractivity contribution in [1.82, 2.24) is 14.9 Å². The van der Waals surface area contributed by atoms with Gasteiger partial charge in [-0.15, -0.1) is 0 Å². The minimum absolute atomic E-state index is 0.00569. The molecular weight excluding hydrogens is 662 g/mol. The number of fused-ring (bicyclic) bond motifs is 3. The van der Waals surface area contributed by atoms with E-state index in [2.05, 4.69) is 15.0 Å². The summed E-state index contributed by atoms with van der Waals surface area (Å²) in [6, 6.07) is 4.89. The lowest BCUT2D eigenvalue weighted by atomic mass is 10.0. The second-order valence-electron chi connectivity index (χ2n) is 12.7. The van der Waals surface area contributed by atoms with E-state index in [1.807, 2.05) is 6.07 Å². The zero-order valence-corrected chi connectivity index (χ0v) is 28.7. The fourth-order valence-corrected chi connectivity index (χ4v) is 4.70. The first-order chi connectivity index (χ1) is 22.5. The smallest absolute Gasteiger partial charge is 0.408 e. The number of nitrogens with two attached hydrogens (primary N) is 1. The summed E-state index contributed by atoms with van der Waals surface area (Å²) >= 11 is 0. The molecule has 0 fully saturated rings. The van der Waals surface area contributed by atoms with Gasteiger partial charge >= 0.3 is 24.4 Å². The van der Waals surface area contributed by atoms with Gasteiger partial charge in [-0.1, -0.05) is 13.8 Å². The Morgan fingerprint density at radius 1 is 0.980 bits per heavy atom. The van der Waals surface area contributed by atoms with Crippen molar-refractivity contribution in [3.63, 3.8) is 0 Å². The Balaban J connectivity index is 0.000000357. The zero-order chi connectivity index (χ0) is 37.5. The van der Waals surface area contributed by atoms with Gasteiger partial charge in [0.2, 0.25) is 0 Å². The topological polar surface area (TPSA) is 135 Å². The van der Waals surface area contributed by atoms with Crippen molar-refractivity contribution in [1.29, 1.82) is 0 Å². The normalized spacial score (nSPS) is 14.7. The van der Waals surface area contributed by atoms with Crippen molar-refractivity contribution in [2.45, 2.75) is 91.3 Å². The predicted octanol–water partition coefficient (Wildman–Crippen LogP) is 6.72. The van der Waals surface area contributed by atoms with Crippen LogP contribution < -0.4 is 21.3 Å². The van der Waals surface area contributed by atoms with E-state index in [1.165, 1.54) is 11.5 Å². The van der Waals surface area contributed by atoms with Crippen LogP contribution in [0.2, 0.25) is 0 Å². The Labute approximate surface area is 280 Å². The Hall–Kier alpha value is -4.08. The van der Waals surface area contributed by atoms with Gasteiger partial charge in [-0.3, -0.25) is 9.78 Å². The van der Waals surface area contributed by atoms with Crippen molar-refractivity contribution in [3.8, 4) is 5.75 Å². The summed E-state index contributed by atoms with van der Waals surface area (Å²) in [6.07, 6.45) is -8.86. The van der Waals surface area contributed by atoms with E-state index in [0.717, 1.165) is 24.6 Å². The first-order valence-corrected chi connectivity index (χ1v) is 15.5. The largest absolute Gasteiger partial charge is 0.492 e. The van der Waals surface area contributed by atoms with Crippen molar-refractivity contribution >= 4 is 33.7 Å². The van der Waals surface area contributed by atoms with Gasteiger partial charge in [0, 0.05) is 30.7 Å². The number of pyridine rings is 2. The third kappa shape index (κ3) is 12.1. The van der Waals surface area contributed by atoms with E-state index in [9.17, 15) is 40.7 Å². The van der Waals surface area contributed by atoms with Gasteiger partial charge in [0.05, 0.1) is 35.0 Å². The Kier molecular flexibility index (Phi) is 13.9. The van der Waals surface area contributed by atoms with E-state index in [4.69, 9.17) is 15.2 Å².